The van der Waals surface area contributed by atoms with Gasteiger partial charge in [-0.05, 0) is 25.8 Å². The number of pyridine rings is 1. The number of rotatable bonds is 4. The van der Waals surface area contributed by atoms with Crippen LogP contribution in [-0.2, 0) is 11.3 Å². The van der Waals surface area contributed by atoms with Crippen molar-refractivity contribution in [2.75, 3.05) is 6.61 Å². The summed E-state index contributed by atoms with van der Waals surface area (Å²) in [6, 6.07) is 6.15. The second-order valence-electron chi connectivity index (χ2n) is 6.97. The first kappa shape index (κ1) is 18.8. The van der Waals surface area contributed by atoms with E-state index in [0.29, 0.717) is 18.8 Å². The summed E-state index contributed by atoms with van der Waals surface area (Å²) >= 11 is 0. The van der Waals surface area contributed by atoms with Gasteiger partial charge in [-0.3, -0.25) is 14.9 Å². The molecule has 0 aromatic carbocycles. The monoisotopic (exact) mass is 398 g/mol. The van der Waals surface area contributed by atoms with E-state index in [9.17, 15) is 20.2 Å². The van der Waals surface area contributed by atoms with Crippen LogP contribution < -0.4 is 16.0 Å². The maximum absolute atomic E-state index is 13.4. The molecule has 4 rings (SSSR count). The number of nitrogens with two attached hydrogens (primary N) is 1. The number of furan rings is 1. The van der Waals surface area contributed by atoms with Crippen LogP contribution in [0.25, 0.3) is 0 Å². The molecular formula is C19H18N4O6. The van der Waals surface area contributed by atoms with Gasteiger partial charge >= 0.3 is 5.88 Å². The highest BCUT2D eigenvalue weighted by molar-refractivity contribution is 5.54. The number of fused-ring (bicyclic) bond motifs is 1. The largest absolute Gasteiger partial charge is 0.440 e. The lowest BCUT2D eigenvalue weighted by atomic mass is 9.88. The van der Waals surface area contributed by atoms with Crippen LogP contribution in [0.3, 0.4) is 0 Å². The summed E-state index contributed by atoms with van der Waals surface area (Å²) in [5, 5.41) is 20.6. The van der Waals surface area contributed by atoms with E-state index >= 15 is 0 Å². The lowest BCUT2D eigenvalue weighted by Gasteiger charge is -2.26. The minimum atomic E-state index is -0.999. The number of nitrogens with zero attached hydrogens (tertiary/aromatic N) is 3. The topological polar surface area (TPSA) is 147 Å². The molecule has 2 aliphatic rings. The zero-order valence-electron chi connectivity index (χ0n) is 15.6. The second-order valence-corrected chi connectivity index (χ2v) is 6.97. The van der Waals surface area contributed by atoms with Gasteiger partial charge < -0.3 is 24.2 Å². The fourth-order valence-corrected chi connectivity index (χ4v) is 3.79. The fraction of sp³-hybridized carbons (Fsp3) is 0.368. The maximum atomic E-state index is 13.4. The molecule has 4 heterocycles. The molecule has 0 bridgehead atoms. The maximum Gasteiger partial charge on any atom is 0.433 e. The molecular weight excluding hydrogens is 380 g/mol. The average Bonchev–Trinajstić information content (AvgIpc) is 3.36. The van der Waals surface area contributed by atoms with Crippen molar-refractivity contribution >= 4 is 5.88 Å². The SMILES string of the molecule is Cc1cc2c(c(=O)n1C[C@@H]1CCCO1)[C@@H](c1ccc([N+](=O)[O-])o1)C(C#N)=C(N)O2. The van der Waals surface area contributed by atoms with Gasteiger partial charge in [0, 0.05) is 18.4 Å². The molecule has 2 N–H and O–H groups in total. The van der Waals surface area contributed by atoms with E-state index in [0.717, 1.165) is 12.8 Å². The van der Waals surface area contributed by atoms with Crippen molar-refractivity contribution in [3.63, 3.8) is 0 Å². The van der Waals surface area contributed by atoms with Crippen LogP contribution in [0, 0.1) is 28.4 Å². The molecule has 0 amide bonds. The molecule has 2 aliphatic heterocycles. The molecule has 2 atom stereocenters. The minimum absolute atomic E-state index is 0.0358. The molecule has 0 spiro atoms. The molecule has 10 nitrogen and oxygen atoms in total. The molecule has 1 fully saturated rings. The molecule has 0 unspecified atom stereocenters. The second kappa shape index (κ2) is 7.10. The molecule has 29 heavy (non-hydrogen) atoms. The highest BCUT2D eigenvalue weighted by Gasteiger charge is 2.37. The van der Waals surface area contributed by atoms with Crippen LogP contribution in [0.1, 0.15) is 35.8 Å². The number of aryl methyl sites for hydroxylation is 1. The summed E-state index contributed by atoms with van der Waals surface area (Å²) in [5.74, 6) is -1.38. The van der Waals surface area contributed by atoms with E-state index in [1.807, 2.05) is 6.07 Å². The third-order valence-corrected chi connectivity index (χ3v) is 5.18. The van der Waals surface area contributed by atoms with Crippen LogP contribution in [0.15, 0.2) is 38.9 Å². The van der Waals surface area contributed by atoms with E-state index in [4.69, 9.17) is 19.6 Å². The molecule has 2 aromatic heterocycles. The van der Waals surface area contributed by atoms with Crippen LogP contribution in [-0.4, -0.2) is 22.2 Å². The summed E-state index contributed by atoms with van der Waals surface area (Å²) in [6.45, 7) is 2.79. The van der Waals surface area contributed by atoms with Gasteiger partial charge in [-0.15, -0.1) is 0 Å². The van der Waals surface area contributed by atoms with Crippen LogP contribution in [0.2, 0.25) is 0 Å². The van der Waals surface area contributed by atoms with Gasteiger partial charge in [0.05, 0.1) is 30.2 Å². The molecule has 0 radical (unpaired) electrons. The Morgan fingerprint density at radius 1 is 1.45 bits per heavy atom. The number of hydrogen-bond acceptors (Lipinski definition) is 8. The minimum Gasteiger partial charge on any atom is -0.440 e. The Labute approximate surface area is 164 Å². The van der Waals surface area contributed by atoms with Crippen molar-refractivity contribution in [2.45, 2.75) is 38.3 Å². The van der Waals surface area contributed by atoms with Crippen molar-refractivity contribution in [3.8, 4) is 11.8 Å². The van der Waals surface area contributed by atoms with Gasteiger partial charge in [-0.25, -0.2) is 0 Å². The van der Waals surface area contributed by atoms with Crippen molar-refractivity contribution in [1.82, 2.24) is 4.57 Å². The number of nitriles is 1. The summed E-state index contributed by atoms with van der Waals surface area (Å²) in [4.78, 5) is 23.7. The Hall–Kier alpha value is -3.58. The normalized spacial score (nSPS) is 20.8. The van der Waals surface area contributed by atoms with E-state index in [-0.39, 0.29) is 40.2 Å². The number of hydrogen-bond donors (Lipinski definition) is 1. The zero-order valence-corrected chi connectivity index (χ0v) is 15.6. The Kier molecular flexibility index (Phi) is 4.60. The highest BCUT2D eigenvalue weighted by Crippen LogP contribution is 2.41. The van der Waals surface area contributed by atoms with Gasteiger partial charge in [-0.2, -0.15) is 5.26 Å². The predicted molar refractivity (Wildman–Crippen MR) is 99.1 cm³/mol. The Balaban J connectivity index is 1.88. The first-order chi connectivity index (χ1) is 13.9. The summed E-state index contributed by atoms with van der Waals surface area (Å²) in [5.41, 5.74) is 6.30. The lowest BCUT2D eigenvalue weighted by molar-refractivity contribution is -0.402. The van der Waals surface area contributed by atoms with Gasteiger partial charge in [0.2, 0.25) is 5.88 Å². The quantitative estimate of drug-likeness (QED) is 0.608. The first-order valence-corrected chi connectivity index (χ1v) is 9.08. The van der Waals surface area contributed by atoms with Crippen LogP contribution in [0.5, 0.6) is 5.75 Å². The van der Waals surface area contributed by atoms with Gasteiger partial charge in [-0.1, -0.05) is 0 Å². The van der Waals surface area contributed by atoms with E-state index in [1.165, 1.54) is 12.1 Å². The smallest absolute Gasteiger partial charge is 0.433 e. The van der Waals surface area contributed by atoms with E-state index < -0.39 is 16.7 Å². The number of allylic oxidation sites excluding steroid dienone is 1. The van der Waals surface area contributed by atoms with Gasteiger partial charge in [0.25, 0.3) is 5.56 Å². The summed E-state index contributed by atoms with van der Waals surface area (Å²) < 4.78 is 18.1. The summed E-state index contributed by atoms with van der Waals surface area (Å²) in [7, 11) is 0. The van der Waals surface area contributed by atoms with Crippen molar-refractivity contribution in [1.29, 1.82) is 5.26 Å². The van der Waals surface area contributed by atoms with Crippen LogP contribution >= 0.6 is 0 Å². The molecule has 10 heteroatoms. The third kappa shape index (κ3) is 3.15. The van der Waals surface area contributed by atoms with Gasteiger partial charge in [0.15, 0.2) is 0 Å². The van der Waals surface area contributed by atoms with E-state index in [1.54, 1.807) is 17.6 Å². The standard InChI is InChI=1S/C19H18N4O6/c1-10-7-14-17(19(24)22(10)9-11-3-2-6-27-11)16(12(8-20)18(21)29-14)13-4-5-15(28-13)23(25)26/h4-5,7,11,16H,2-3,6,9,21H2,1H3/t11-,16+/m0/s1. The van der Waals surface area contributed by atoms with Crippen molar-refractivity contribution in [2.24, 2.45) is 5.73 Å². The lowest BCUT2D eigenvalue weighted by Crippen LogP contribution is -2.34. The van der Waals surface area contributed by atoms with Crippen molar-refractivity contribution < 1.29 is 18.8 Å². The highest BCUT2D eigenvalue weighted by atomic mass is 16.6. The molecule has 2 aromatic rings. The zero-order chi connectivity index (χ0) is 20.7. The Morgan fingerprint density at radius 2 is 2.24 bits per heavy atom. The third-order valence-electron chi connectivity index (χ3n) is 5.18. The Morgan fingerprint density at radius 3 is 2.86 bits per heavy atom. The number of ether oxygens (including phenoxy) is 2. The average molecular weight is 398 g/mol. The number of nitro groups is 1. The van der Waals surface area contributed by atoms with Gasteiger partial charge in [0.1, 0.15) is 28.1 Å². The molecule has 1 saturated heterocycles. The van der Waals surface area contributed by atoms with E-state index in [2.05, 4.69) is 0 Å². The molecule has 0 saturated carbocycles. The summed E-state index contributed by atoms with van der Waals surface area (Å²) in [6.07, 6.45) is 1.71. The fourth-order valence-electron chi connectivity index (χ4n) is 3.79. The Bertz CT molecular complexity index is 1120. The number of aromatic nitrogens is 1. The molecule has 0 aliphatic carbocycles. The molecule has 150 valence electrons. The van der Waals surface area contributed by atoms with Crippen LogP contribution in [0.4, 0.5) is 5.88 Å². The van der Waals surface area contributed by atoms with Crippen molar-refractivity contribution in [3.05, 3.63) is 67.1 Å². The predicted octanol–water partition coefficient (Wildman–Crippen LogP) is 2.06. The first-order valence-electron chi connectivity index (χ1n) is 9.08.